The summed E-state index contributed by atoms with van der Waals surface area (Å²) in [6.07, 6.45) is 6.30. The number of fused-ring (bicyclic) bond motifs is 1. The molecule has 4 rings (SSSR count). The van der Waals surface area contributed by atoms with E-state index in [2.05, 4.69) is 5.10 Å². The fourth-order valence-electron chi connectivity index (χ4n) is 3.63. The van der Waals surface area contributed by atoms with E-state index in [9.17, 15) is 5.11 Å². The lowest BCUT2D eigenvalue weighted by Crippen LogP contribution is -2.41. The van der Waals surface area contributed by atoms with Gasteiger partial charge in [-0.25, -0.2) is 4.52 Å². The molecular weight excluding hydrogens is 284 g/mol. The molecule has 21 heavy (non-hydrogen) atoms. The van der Waals surface area contributed by atoms with Gasteiger partial charge in [-0.3, -0.25) is 0 Å². The Morgan fingerprint density at radius 3 is 3.29 bits per heavy atom. The van der Waals surface area contributed by atoms with Crippen molar-refractivity contribution in [2.75, 3.05) is 18.1 Å². The molecule has 2 aliphatic rings. The highest BCUT2D eigenvalue weighted by Gasteiger charge is 2.42. The van der Waals surface area contributed by atoms with E-state index in [0.717, 1.165) is 42.7 Å². The average molecular weight is 304 g/mol. The first kappa shape index (κ1) is 13.6. The Morgan fingerprint density at radius 1 is 1.48 bits per heavy atom. The van der Waals surface area contributed by atoms with Crippen molar-refractivity contribution in [3.63, 3.8) is 0 Å². The van der Waals surface area contributed by atoms with Crippen LogP contribution in [0.4, 0.5) is 0 Å². The minimum Gasteiger partial charge on any atom is -0.388 e. The van der Waals surface area contributed by atoms with E-state index in [1.54, 1.807) is 0 Å². The normalized spacial score (nSPS) is 31.0. The van der Waals surface area contributed by atoms with E-state index in [1.165, 1.54) is 5.75 Å². The maximum Gasteiger partial charge on any atom is 0.0856 e. The number of aliphatic hydroxyl groups excluding tert-OH is 1. The number of rotatable bonds is 2. The van der Waals surface area contributed by atoms with Gasteiger partial charge in [0.25, 0.3) is 0 Å². The fraction of sp³-hybridized carbons (Fsp3) is 0.562. The Balaban J connectivity index is 1.60. The smallest absolute Gasteiger partial charge is 0.0856 e. The average Bonchev–Trinajstić information content (AvgIpc) is 3.14. The van der Waals surface area contributed by atoms with E-state index < -0.39 is 6.10 Å². The number of hydrogen-bond donors (Lipinski definition) is 1. The molecule has 2 saturated heterocycles. The largest absolute Gasteiger partial charge is 0.388 e. The van der Waals surface area contributed by atoms with Crippen LogP contribution in [0.3, 0.4) is 0 Å². The van der Waals surface area contributed by atoms with Crippen molar-refractivity contribution in [1.29, 1.82) is 0 Å². The summed E-state index contributed by atoms with van der Waals surface area (Å²) < 4.78 is 7.89. The van der Waals surface area contributed by atoms with Gasteiger partial charge in [0.15, 0.2) is 0 Å². The van der Waals surface area contributed by atoms with E-state index >= 15 is 0 Å². The van der Waals surface area contributed by atoms with Gasteiger partial charge in [0.1, 0.15) is 0 Å². The van der Waals surface area contributed by atoms with Crippen molar-refractivity contribution in [2.45, 2.75) is 31.0 Å². The molecule has 1 spiro atoms. The lowest BCUT2D eigenvalue weighted by Gasteiger charge is -2.39. The minimum atomic E-state index is -0.448. The molecular formula is C16H20N2O2S. The first-order chi connectivity index (χ1) is 10.3. The molecule has 4 heterocycles. The summed E-state index contributed by atoms with van der Waals surface area (Å²) >= 11 is 1.97. The highest BCUT2D eigenvalue weighted by Crippen LogP contribution is 2.44. The molecule has 0 saturated carbocycles. The molecule has 0 amide bonds. The lowest BCUT2D eigenvalue weighted by molar-refractivity contribution is -0.101. The molecule has 0 bridgehead atoms. The molecule has 2 aromatic heterocycles. The van der Waals surface area contributed by atoms with Gasteiger partial charge in [0.2, 0.25) is 0 Å². The maximum absolute atomic E-state index is 10.9. The zero-order chi connectivity index (χ0) is 14.3. The van der Waals surface area contributed by atoms with E-state index in [4.69, 9.17) is 4.74 Å². The number of aromatic nitrogens is 2. The third-order valence-electron chi connectivity index (χ3n) is 4.82. The first-order valence-corrected chi connectivity index (χ1v) is 8.75. The number of pyridine rings is 1. The van der Waals surface area contributed by atoms with Crippen LogP contribution in [-0.2, 0) is 4.74 Å². The summed E-state index contributed by atoms with van der Waals surface area (Å²) in [5.74, 6) is 2.52. The Hall–Kier alpha value is -1.04. The summed E-state index contributed by atoms with van der Waals surface area (Å²) in [4.78, 5) is 0. The van der Waals surface area contributed by atoms with Gasteiger partial charge >= 0.3 is 0 Å². The molecule has 0 aromatic carbocycles. The quantitative estimate of drug-likeness (QED) is 0.926. The van der Waals surface area contributed by atoms with Crippen LogP contribution in [-0.4, -0.2) is 38.4 Å². The summed E-state index contributed by atoms with van der Waals surface area (Å²) in [5, 5.41) is 15.2. The van der Waals surface area contributed by atoms with Crippen LogP contribution < -0.4 is 0 Å². The van der Waals surface area contributed by atoms with Crippen LogP contribution >= 0.6 is 11.8 Å². The molecule has 2 fully saturated rings. The third-order valence-corrected chi connectivity index (χ3v) is 6.04. The Labute approximate surface area is 128 Å². The number of nitrogens with zero attached hydrogens (tertiary/aromatic N) is 2. The predicted octanol–water partition coefficient (Wildman–Crippen LogP) is 2.67. The van der Waals surface area contributed by atoms with Gasteiger partial charge in [0.05, 0.1) is 23.4 Å². The van der Waals surface area contributed by atoms with E-state index in [0.29, 0.717) is 0 Å². The maximum atomic E-state index is 10.9. The number of hydrogen-bond acceptors (Lipinski definition) is 4. The number of thioether (sulfide) groups is 1. The van der Waals surface area contributed by atoms with Crippen molar-refractivity contribution in [3.05, 3.63) is 36.2 Å². The Kier molecular flexibility index (Phi) is 3.44. The van der Waals surface area contributed by atoms with Crippen molar-refractivity contribution >= 4 is 17.3 Å². The molecule has 2 aliphatic heterocycles. The predicted molar refractivity (Wildman–Crippen MR) is 83.5 cm³/mol. The van der Waals surface area contributed by atoms with Crippen LogP contribution in [0, 0.1) is 5.92 Å². The van der Waals surface area contributed by atoms with E-state index in [1.807, 2.05) is 46.9 Å². The molecule has 0 radical (unpaired) electrons. The summed E-state index contributed by atoms with van der Waals surface area (Å²) in [6.45, 7) is 0.765. The molecule has 3 atom stereocenters. The standard InChI is InChI=1S/C16H20N2O2S/c19-15(13-10-17-18-6-2-1-3-14(13)18)12-4-7-20-16(9-12)5-8-21-11-16/h1-3,6,10,12,15,19H,4-5,7-9,11H2. The summed E-state index contributed by atoms with van der Waals surface area (Å²) in [5.41, 5.74) is 1.96. The van der Waals surface area contributed by atoms with Crippen LogP contribution in [0.25, 0.3) is 5.52 Å². The van der Waals surface area contributed by atoms with Crippen molar-refractivity contribution < 1.29 is 9.84 Å². The van der Waals surface area contributed by atoms with Gasteiger partial charge < -0.3 is 9.84 Å². The molecule has 112 valence electrons. The number of ether oxygens (including phenoxy) is 1. The Morgan fingerprint density at radius 2 is 2.43 bits per heavy atom. The van der Waals surface area contributed by atoms with Gasteiger partial charge in [-0.1, -0.05) is 6.07 Å². The van der Waals surface area contributed by atoms with E-state index in [-0.39, 0.29) is 11.5 Å². The van der Waals surface area contributed by atoms with Crippen molar-refractivity contribution in [2.24, 2.45) is 5.92 Å². The second kappa shape index (κ2) is 5.30. The summed E-state index contributed by atoms with van der Waals surface area (Å²) in [7, 11) is 0. The van der Waals surface area contributed by atoms with Crippen LogP contribution in [0.1, 0.15) is 30.9 Å². The monoisotopic (exact) mass is 304 g/mol. The van der Waals surface area contributed by atoms with Crippen molar-refractivity contribution in [1.82, 2.24) is 9.61 Å². The summed E-state index contributed by atoms with van der Waals surface area (Å²) in [6, 6.07) is 5.97. The Bertz CT molecular complexity index is 636. The molecule has 1 N–H and O–H groups in total. The second-order valence-corrected chi connectivity index (χ2v) is 7.27. The highest BCUT2D eigenvalue weighted by atomic mass is 32.2. The third kappa shape index (κ3) is 2.37. The van der Waals surface area contributed by atoms with Gasteiger partial charge in [-0.2, -0.15) is 16.9 Å². The fourth-order valence-corrected chi connectivity index (χ4v) is 5.01. The molecule has 5 heteroatoms. The van der Waals surface area contributed by atoms with Crippen molar-refractivity contribution in [3.8, 4) is 0 Å². The van der Waals surface area contributed by atoms with Crippen LogP contribution in [0.5, 0.6) is 0 Å². The second-order valence-electron chi connectivity index (χ2n) is 6.16. The van der Waals surface area contributed by atoms with Crippen LogP contribution in [0.2, 0.25) is 0 Å². The molecule has 3 unspecified atom stereocenters. The van der Waals surface area contributed by atoms with Gasteiger partial charge in [-0.05, 0) is 43.1 Å². The zero-order valence-corrected chi connectivity index (χ0v) is 12.8. The van der Waals surface area contributed by atoms with Gasteiger partial charge in [0, 0.05) is 24.1 Å². The minimum absolute atomic E-state index is 0.0114. The van der Waals surface area contributed by atoms with Crippen LogP contribution in [0.15, 0.2) is 30.6 Å². The number of aliphatic hydroxyl groups is 1. The first-order valence-electron chi connectivity index (χ1n) is 7.59. The molecule has 4 nitrogen and oxygen atoms in total. The SMILES string of the molecule is OC(c1cnn2ccccc12)C1CCOC2(CCSC2)C1. The highest BCUT2D eigenvalue weighted by molar-refractivity contribution is 7.99. The zero-order valence-electron chi connectivity index (χ0n) is 11.9. The molecule has 0 aliphatic carbocycles. The lowest BCUT2D eigenvalue weighted by atomic mass is 9.80. The topological polar surface area (TPSA) is 46.8 Å². The van der Waals surface area contributed by atoms with Gasteiger partial charge in [-0.15, -0.1) is 0 Å². The molecule has 2 aromatic rings.